The van der Waals surface area contributed by atoms with Crippen molar-refractivity contribution in [3.8, 4) is 0 Å². The van der Waals surface area contributed by atoms with Gasteiger partial charge in [0.25, 0.3) is 11.5 Å². The van der Waals surface area contributed by atoms with E-state index in [1.54, 1.807) is 22.1 Å². The minimum atomic E-state index is -0.118. The molecule has 1 aliphatic heterocycles. The topological polar surface area (TPSA) is 82.4 Å². The lowest BCUT2D eigenvalue weighted by Crippen LogP contribution is -2.33. The van der Waals surface area contributed by atoms with Crippen molar-refractivity contribution in [3.05, 3.63) is 57.7 Å². The highest BCUT2D eigenvalue weighted by Crippen LogP contribution is 2.20. The normalized spacial score (nSPS) is 14.2. The third kappa shape index (κ3) is 2.85. The average molecular weight is 352 g/mol. The van der Waals surface area contributed by atoms with Gasteiger partial charge in [0.05, 0.1) is 12.0 Å². The standard InChI is InChI=1S/C19H20N4O3/c1-22(2)19-20-15-6-9-23(8-5-14(15)17(24)21-19)18(25)13-3-4-16-12(11-13)7-10-26-16/h3-4,7,10-11H,5-6,8-9H2,1-2H3,(H,20,21,24). The van der Waals surface area contributed by atoms with E-state index < -0.39 is 0 Å². The van der Waals surface area contributed by atoms with Gasteiger partial charge in [-0.3, -0.25) is 14.6 Å². The molecule has 1 aromatic carbocycles. The Kier molecular flexibility index (Phi) is 3.99. The summed E-state index contributed by atoms with van der Waals surface area (Å²) in [7, 11) is 3.67. The molecule has 0 fully saturated rings. The Morgan fingerprint density at radius 1 is 1.23 bits per heavy atom. The fraction of sp³-hybridized carbons (Fsp3) is 0.316. The van der Waals surface area contributed by atoms with Crippen molar-refractivity contribution in [2.45, 2.75) is 12.8 Å². The second kappa shape index (κ2) is 6.33. The van der Waals surface area contributed by atoms with Crippen LogP contribution in [-0.4, -0.2) is 48.0 Å². The van der Waals surface area contributed by atoms with E-state index in [0.29, 0.717) is 43.0 Å². The number of hydrogen-bond acceptors (Lipinski definition) is 5. The summed E-state index contributed by atoms with van der Waals surface area (Å²) in [6.45, 7) is 1.04. The highest BCUT2D eigenvalue weighted by atomic mass is 16.3. The van der Waals surface area contributed by atoms with Crippen LogP contribution in [0.1, 0.15) is 21.6 Å². The highest BCUT2D eigenvalue weighted by Gasteiger charge is 2.23. The van der Waals surface area contributed by atoms with Gasteiger partial charge in [-0.1, -0.05) is 0 Å². The summed E-state index contributed by atoms with van der Waals surface area (Å²) in [5, 5.41) is 0.905. The largest absolute Gasteiger partial charge is 0.464 e. The Morgan fingerprint density at radius 2 is 2.04 bits per heavy atom. The van der Waals surface area contributed by atoms with Crippen molar-refractivity contribution in [2.24, 2.45) is 0 Å². The van der Waals surface area contributed by atoms with Gasteiger partial charge < -0.3 is 14.2 Å². The van der Waals surface area contributed by atoms with E-state index in [-0.39, 0.29) is 11.5 Å². The number of rotatable bonds is 2. The van der Waals surface area contributed by atoms with E-state index in [2.05, 4.69) is 9.97 Å². The molecule has 7 nitrogen and oxygen atoms in total. The predicted octanol–water partition coefficient (Wildman–Crippen LogP) is 1.82. The van der Waals surface area contributed by atoms with Crippen LogP contribution in [0.25, 0.3) is 11.0 Å². The lowest BCUT2D eigenvalue weighted by molar-refractivity contribution is 0.0763. The van der Waals surface area contributed by atoms with Gasteiger partial charge >= 0.3 is 0 Å². The van der Waals surface area contributed by atoms with Crippen molar-refractivity contribution in [1.82, 2.24) is 14.9 Å². The number of aromatic amines is 1. The zero-order chi connectivity index (χ0) is 18.3. The summed E-state index contributed by atoms with van der Waals surface area (Å²) < 4.78 is 5.33. The van der Waals surface area contributed by atoms with Crippen LogP contribution in [0.5, 0.6) is 0 Å². The van der Waals surface area contributed by atoms with Crippen LogP contribution in [0.15, 0.2) is 39.7 Å². The molecule has 0 unspecified atom stereocenters. The lowest BCUT2D eigenvalue weighted by Gasteiger charge is -2.20. The van der Waals surface area contributed by atoms with Crippen LogP contribution in [0.3, 0.4) is 0 Å². The Balaban J connectivity index is 1.59. The summed E-state index contributed by atoms with van der Waals surface area (Å²) in [6.07, 6.45) is 2.69. The van der Waals surface area contributed by atoms with E-state index >= 15 is 0 Å². The first-order valence-electron chi connectivity index (χ1n) is 8.59. The fourth-order valence-electron chi connectivity index (χ4n) is 3.29. The minimum absolute atomic E-state index is 0.0369. The quantitative estimate of drug-likeness (QED) is 0.761. The SMILES string of the molecule is CN(C)c1nc2c(c(=O)[nH]1)CCN(C(=O)c1ccc3occc3c1)CC2. The Bertz CT molecular complexity index is 1030. The molecule has 0 atom stereocenters. The molecule has 2 aromatic heterocycles. The van der Waals surface area contributed by atoms with Crippen LogP contribution in [0.4, 0.5) is 5.95 Å². The Labute approximate surface area is 150 Å². The van der Waals surface area contributed by atoms with Gasteiger partial charge in [0.1, 0.15) is 5.58 Å². The zero-order valence-electron chi connectivity index (χ0n) is 14.8. The van der Waals surface area contributed by atoms with Crippen LogP contribution in [0, 0.1) is 0 Å². The minimum Gasteiger partial charge on any atom is -0.464 e. The number of furan rings is 1. The second-order valence-corrected chi connectivity index (χ2v) is 6.67. The van der Waals surface area contributed by atoms with Crippen LogP contribution >= 0.6 is 0 Å². The molecule has 0 saturated heterocycles. The number of aromatic nitrogens is 2. The predicted molar refractivity (Wildman–Crippen MR) is 98.7 cm³/mol. The molecule has 134 valence electrons. The molecule has 0 radical (unpaired) electrons. The maximum atomic E-state index is 12.9. The molecule has 0 saturated carbocycles. The molecule has 7 heteroatoms. The first kappa shape index (κ1) is 16.4. The Hall–Kier alpha value is -3.09. The van der Waals surface area contributed by atoms with Gasteiger partial charge in [0.2, 0.25) is 5.95 Å². The van der Waals surface area contributed by atoms with E-state index in [1.807, 2.05) is 32.3 Å². The van der Waals surface area contributed by atoms with Crippen molar-refractivity contribution in [2.75, 3.05) is 32.1 Å². The van der Waals surface area contributed by atoms with Crippen LogP contribution < -0.4 is 10.5 Å². The maximum absolute atomic E-state index is 12.9. The van der Waals surface area contributed by atoms with Gasteiger partial charge in [-0.2, -0.15) is 0 Å². The molecular weight excluding hydrogens is 332 g/mol. The van der Waals surface area contributed by atoms with Crippen molar-refractivity contribution in [1.29, 1.82) is 0 Å². The molecule has 0 aliphatic carbocycles. The third-order valence-corrected chi connectivity index (χ3v) is 4.75. The van der Waals surface area contributed by atoms with Crippen LogP contribution in [0.2, 0.25) is 0 Å². The zero-order valence-corrected chi connectivity index (χ0v) is 14.8. The Morgan fingerprint density at radius 3 is 2.85 bits per heavy atom. The first-order chi connectivity index (χ1) is 12.5. The molecule has 1 aliphatic rings. The van der Waals surface area contributed by atoms with E-state index in [1.165, 1.54) is 0 Å². The van der Waals surface area contributed by atoms with Gasteiger partial charge in [0.15, 0.2) is 0 Å². The molecule has 3 heterocycles. The monoisotopic (exact) mass is 352 g/mol. The summed E-state index contributed by atoms with van der Waals surface area (Å²) in [5.74, 6) is 0.504. The molecule has 0 spiro atoms. The fourth-order valence-corrected chi connectivity index (χ4v) is 3.29. The molecule has 3 aromatic rings. The summed E-state index contributed by atoms with van der Waals surface area (Å²) in [4.78, 5) is 36.2. The van der Waals surface area contributed by atoms with E-state index in [9.17, 15) is 9.59 Å². The molecule has 4 rings (SSSR count). The first-order valence-corrected chi connectivity index (χ1v) is 8.59. The molecular formula is C19H20N4O3. The van der Waals surface area contributed by atoms with E-state index in [0.717, 1.165) is 16.7 Å². The molecule has 26 heavy (non-hydrogen) atoms. The molecule has 0 bridgehead atoms. The second-order valence-electron chi connectivity index (χ2n) is 6.67. The number of H-pyrrole nitrogens is 1. The third-order valence-electron chi connectivity index (χ3n) is 4.75. The van der Waals surface area contributed by atoms with Gasteiger partial charge in [-0.15, -0.1) is 0 Å². The number of nitrogens with zero attached hydrogens (tertiary/aromatic N) is 3. The lowest BCUT2D eigenvalue weighted by atomic mass is 10.1. The highest BCUT2D eigenvalue weighted by molar-refractivity contribution is 5.97. The number of hydrogen-bond donors (Lipinski definition) is 1. The number of benzene rings is 1. The summed E-state index contributed by atoms with van der Waals surface area (Å²) in [5.41, 5.74) is 2.72. The van der Waals surface area contributed by atoms with Gasteiger partial charge in [-0.05, 0) is 30.7 Å². The van der Waals surface area contributed by atoms with E-state index in [4.69, 9.17) is 4.42 Å². The number of nitrogens with one attached hydrogen (secondary N) is 1. The molecule has 1 amide bonds. The number of anilines is 1. The molecule has 1 N–H and O–H groups in total. The number of carbonyl (C=O) groups is 1. The maximum Gasteiger partial charge on any atom is 0.255 e. The van der Waals surface area contributed by atoms with Crippen molar-refractivity contribution >= 4 is 22.8 Å². The summed E-state index contributed by atoms with van der Waals surface area (Å²) >= 11 is 0. The van der Waals surface area contributed by atoms with Crippen molar-refractivity contribution in [3.63, 3.8) is 0 Å². The summed E-state index contributed by atoms with van der Waals surface area (Å²) in [6, 6.07) is 7.28. The number of carbonyl (C=O) groups excluding carboxylic acids is 1. The number of fused-ring (bicyclic) bond motifs is 2. The van der Waals surface area contributed by atoms with Gasteiger partial charge in [-0.25, -0.2) is 4.98 Å². The smallest absolute Gasteiger partial charge is 0.255 e. The number of amides is 1. The van der Waals surface area contributed by atoms with Crippen molar-refractivity contribution < 1.29 is 9.21 Å². The average Bonchev–Trinajstić information content (AvgIpc) is 2.99. The van der Waals surface area contributed by atoms with Crippen LogP contribution in [-0.2, 0) is 12.8 Å². The van der Waals surface area contributed by atoms with Gasteiger partial charge in [0, 0.05) is 50.1 Å².